The maximum absolute atomic E-state index is 13.7. The molecule has 0 spiro atoms. The number of ketones is 2. The maximum Gasteiger partial charge on any atom is 0.322 e. The second kappa shape index (κ2) is 29.6. The molecule has 2 aliphatic heterocycles. The maximum atomic E-state index is 13.7. The number of hydrogen-bond acceptors (Lipinski definition) is 11. The number of likely N-dealkylation sites (N-methyl/N-ethyl adjacent to an activating group) is 2. The average molecular weight is 1390 g/mol. The third-order valence-electron chi connectivity index (χ3n) is 23.2. The number of carbonyl (C=O) groups excluding carboxylic acids is 6. The van der Waals surface area contributed by atoms with E-state index in [2.05, 4.69) is 131 Å². The Labute approximate surface area is 580 Å². The van der Waals surface area contributed by atoms with Crippen molar-refractivity contribution in [2.24, 2.45) is 23.7 Å². The first-order chi connectivity index (χ1) is 46.1. The fourth-order valence-corrected chi connectivity index (χ4v) is 18.1. The number of nitrogens with zero attached hydrogens (tertiary/aromatic N) is 5. The first-order valence-corrected chi connectivity index (χ1v) is 36.4. The lowest BCUT2D eigenvalue weighted by Gasteiger charge is -2.34. The number of Topliss-reactive ketones (excluding diaryl/α,β-unsaturated/α-hetero) is 2. The van der Waals surface area contributed by atoms with Gasteiger partial charge in [0.15, 0.2) is 0 Å². The standard InChI is InChI=1S/C29H37ClFN5O2.C22H34N4O.C14H15NO2.C12H11BrO/c1-20(37)32-22-6-3-5-21(17-22)29-10-9-27(24(29)19-29)36(12-4-11-35-15-13-34(2)14-16-35)28(38)33-23-7-8-26(31)25(30)18-23;1-17(27)24-19-6-3-5-18(15-19)22-8-7-21(20(22)16-22)23-9-4-10-26-13-11-25(2)12-14-26;1-9(16)15-11-4-2-3-10(7-11)14-6-5-13(17)12(14)8-14;13-9-3-1-2-8(6-9)12-5-4-11(14)10(12)7-12/h3,5-8,17-18,24,27H,4,9-16,19H2,1-2H3,(H,32,37)(H,33,38);3,5-6,15,20-21,23H,4,7-14,16H2,1-2H3,(H,24,27);2-4,7,12H,5-6,8H2,1H3,(H,15,16);1-3,6,10H,4-5,7H2/t24-,27-,29-;20-,21-,22-;12-,14-;10-,12-/m1111/s1. The lowest BCUT2D eigenvalue weighted by Crippen LogP contribution is -2.47. The van der Waals surface area contributed by atoms with Gasteiger partial charge in [0.25, 0.3) is 0 Å². The first kappa shape index (κ1) is 69.5. The van der Waals surface area contributed by atoms with Crippen molar-refractivity contribution in [3.63, 3.8) is 0 Å². The molecule has 0 radical (unpaired) electrons. The number of rotatable bonds is 18. The van der Waals surface area contributed by atoms with Crippen molar-refractivity contribution in [1.29, 1.82) is 0 Å². The van der Waals surface area contributed by atoms with Crippen LogP contribution in [0, 0.1) is 29.5 Å². The van der Waals surface area contributed by atoms with Gasteiger partial charge in [-0.15, -0.1) is 0 Å². The van der Waals surface area contributed by atoms with E-state index in [9.17, 15) is 33.2 Å². The third kappa shape index (κ3) is 15.9. The van der Waals surface area contributed by atoms with Crippen LogP contribution in [0.5, 0.6) is 0 Å². The van der Waals surface area contributed by atoms with Gasteiger partial charge in [0.05, 0.1) is 5.02 Å². The highest BCUT2D eigenvalue weighted by molar-refractivity contribution is 9.10. The van der Waals surface area contributed by atoms with Crippen LogP contribution in [0.2, 0.25) is 5.02 Å². The van der Waals surface area contributed by atoms with Crippen LogP contribution in [0.1, 0.15) is 133 Å². The lowest BCUT2D eigenvalue weighted by atomic mass is 9.93. The van der Waals surface area contributed by atoms with Crippen molar-refractivity contribution in [3.8, 4) is 0 Å². The Bertz CT molecular complexity index is 3690. The molecule has 0 bridgehead atoms. The predicted octanol–water partition coefficient (Wildman–Crippen LogP) is 12.7. The molecule has 10 aliphatic rings. The number of hydrogen-bond donors (Lipinski definition) is 5. The molecule has 5 amide bonds. The monoisotopic (exact) mass is 1390 g/mol. The summed E-state index contributed by atoms with van der Waals surface area (Å²) in [5.41, 5.74) is 9.03. The number of carbonyl (C=O) groups is 6. The molecule has 512 valence electrons. The number of piperazine rings is 2. The molecule has 0 unspecified atom stereocenters. The quantitative estimate of drug-likeness (QED) is 0.0527. The predicted molar refractivity (Wildman–Crippen MR) is 382 cm³/mol. The highest BCUT2D eigenvalue weighted by atomic mass is 79.9. The summed E-state index contributed by atoms with van der Waals surface area (Å²) >= 11 is 9.45. The molecule has 2 heterocycles. The van der Waals surface area contributed by atoms with Gasteiger partial charge >= 0.3 is 6.03 Å². The molecule has 8 saturated carbocycles. The molecule has 2 saturated heterocycles. The lowest BCUT2D eigenvalue weighted by molar-refractivity contribution is -0.119. The zero-order valence-corrected chi connectivity index (χ0v) is 59.0. The van der Waals surface area contributed by atoms with E-state index in [1.165, 1.54) is 107 Å². The molecule has 96 heavy (non-hydrogen) atoms. The molecule has 8 aliphatic carbocycles. The van der Waals surface area contributed by atoms with Gasteiger partial charge in [-0.3, -0.25) is 24.0 Å². The summed E-state index contributed by atoms with van der Waals surface area (Å²) in [5, 5.41) is 15.4. The van der Waals surface area contributed by atoms with Crippen molar-refractivity contribution >= 4 is 85.6 Å². The van der Waals surface area contributed by atoms with E-state index in [1.54, 1.807) is 13.0 Å². The molecule has 5 aromatic carbocycles. The van der Waals surface area contributed by atoms with Crippen LogP contribution in [-0.2, 0) is 45.6 Å². The number of benzene rings is 5. The number of amides is 5. The number of nitrogens with one attached hydrogen (secondary N) is 5. The van der Waals surface area contributed by atoms with E-state index < -0.39 is 5.82 Å². The number of anilines is 4. The first-order valence-electron chi connectivity index (χ1n) is 35.2. The van der Waals surface area contributed by atoms with Crippen molar-refractivity contribution in [3.05, 3.63) is 153 Å². The summed E-state index contributed by atoms with van der Waals surface area (Å²) in [6, 6.07) is 37.9. The summed E-state index contributed by atoms with van der Waals surface area (Å²) in [4.78, 5) is 82.4. The Kier molecular flexibility index (Phi) is 21.4. The fraction of sp³-hybridized carbons (Fsp3) is 0.532. The van der Waals surface area contributed by atoms with Crippen LogP contribution < -0.4 is 26.6 Å². The zero-order valence-electron chi connectivity index (χ0n) is 56.6. The highest BCUT2D eigenvalue weighted by Crippen LogP contribution is 2.67. The van der Waals surface area contributed by atoms with Gasteiger partial charge in [-0.1, -0.05) is 76.1 Å². The van der Waals surface area contributed by atoms with Crippen molar-refractivity contribution in [1.82, 2.24) is 29.8 Å². The smallest absolute Gasteiger partial charge is 0.322 e. The molecule has 0 aromatic heterocycles. The van der Waals surface area contributed by atoms with Gasteiger partial charge < -0.3 is 51.1 Å². The molecular formula is C77H97BrClFN10O6. The summed E-state index contributed by atoms with van der Waals surface area (Å²) < 4.78 is 14.8. The van der Waals surface area contributed by atoms with E-state index in [0.717, 1.165) is 131 Å². The molecule has 5 aromatic rings. The van der Waals surface area contributed by atoms with Crippen molar-refractivity contribution < 1.29 is 33.2 Å². The molecular weight excluding hydrogens is 1300 g/mol. The van der Waals surface area contributed by atoms with Gasteiger partial charge in [-0.2, -0.15) is 0 Å². The Hall–Kier alpha value is -6.38. The molecule has 16 nitrogen and oxygen atoms in total. The fourth-order valence-electron chi connectivity index (χ4n) is 17.6. The summed E-state index contributed by atoms with van der Waals surface area (Å²) in [6.07, 6.45) is 14.6. The summed E-state index contributed by atoms with van der Waals surface area (Å²) in [5.74, 6) is 1.98. The van der Waals surface area contributed by atoms with Crippen LogP contribution in [0.4, 0.5) is 31.9 Å². The molecule has 10 atom stereocenters. The van der Waals surface area contributed by atoms with Crippen molar-refractivity contribution in [2.75, 3.05) is 114 Å². The molecule has 15 rings (SSSR count). The molecule has 19 heteroatoms. The van der Waals surface area contributed by atoms with E-state index in [4.69, 9.17) is 11.6 Å². The minimum absolute atomic E-state index is 0.00307. The van der Waals surface area contributed by atoms with E-state index >= 15 is 0 Å². The average Bonchev–Trinajstić information content (AvgIpc) is 1.57. The van der Waals surface area contributed by atoms with Crippen LogP contribution in [-0.4, -0.2) is 165 Å². The van der Waals surface area contributed by atoms with Gasteiger partial charge in [-0.25, -0.2) is 9.18 Å². The second-order valence-electron chi connectivity index (χ2n) is 29.4. The molecule has 5 N–H and O–H groups in total. The van der Waals surface area contributed by atoms with Gasteiger partial charge in [0.2, 0.25) is 17.7 Å². The minimum atomic E-state index is -0.506. The van der Waals surface area contributed by atoms with E-state index in [0.29, 0.717) is 47.1 Å². The van der Waals surface area contributed by atoms with E-state index in [-0.39, 0.29) is 57.0 Å². The summed E-state index contributed by atoms with van der Waals surface area (Å²) in [6.45, 7) is 17.7. The van der Waals surface area contributed by atoms with Crippen LogP contribution in [0.25, 0.3) is 0 Å². The van der Waals surface area contributed by atoms with Gasteiger partial charge in [0.1, 0.15) is 17.4 Å². The minimum Gasteiger partial charge on any atom is -0.326 e. The number of urea groups is 1. The Morgan fingerprint density at radius 3 is 1.46 bits per heavy atom. The Balaban J connectivity index is 0.000000131. The topological polar surface area (TPSA) is 179 Å². The molecule has 10 fully saturated rings. The summed E-state index contributed by atoms with van der Waals surface area (Å²) in [7, 11) is 4.37. The van der Waals surface area contributed by atoms with Crippen molar-refractivity contribution in [2.45, 2.75) is 144 Å². The van der Waals surface area contributed by atoms with Crippen LogP contribution >= 0.6 is 27.5 Å². The SMILES string of the molecule is CC(=O)Nc1cccc([C@]23CCC(=O)[C@H]2C3)c1.CC(=O)Nc1cccc([C@]23CC[C@@H](N(CCCN4CCN(C)CC4)C(=O)Nc4ccc(F)c(Cl)c4)[C@H]2C3)c1.CC(=O)Nc1cccc([C@]23CC[C@@H](NCCCN4CCN(C)CC4)[C@H]2C3)c1.O=C1CC[C@]2(c3cccc(Br)c3)C[C@H]12. The van der Waals surface area contributed by atoms with Crippen LogP contribution in [0.3, 0.4) is 0 Å². The normalized spacial score (nSPS) is 28.9. The van der Waals surface area contributed by atoms with E-state index in [1.807, 2.05) is 47.4 Å². The van der Waals surface area contributed by atoms with Gasteiger partial charge in [-0.05, 0) is 212 Å². The largest absolute Gasteiger partial charge is 0.326 e. The number of fused-ring (bicyclic) bond motifs is 4. The Morgan fingerprint density at radius 2 is 1.00 bits per heavy atom. The Morgan fingerprint density at radius 1 is 0.542 bits per heavy atom. The third-order valence-corrected chi connectivity index (χ3v) is 24.0. The highest BCUT2D eigenvalue weighted by Gasteiger charge is 2.66. The number of halogens is 3. The second-order valence-corrected chi connectivity index (χ2v) is 30.8. The van der Waals surface area contributed by atoms with Gasteiger partial charge in [0, 0.05) is 165 Å². The zero-order chi connectivity index (χ0) is 67.5. The van der Waals surface area contributed by atoms with Crippen LogP contribution in [0.15, 0.2) is 120 Å².